The Hall–Kier alpha value is -2.01. The fraction of sp³-hybridized carbons (Fsp3) is 0.438. The lowest BCUT2D eigenvalue weighted by Crippen LogP contribution is -2.26. The van der Waals surface area contributed by atoms with Crippen molar-refractivity contribution in [3.63, 3.8) is 0 Å². The second-order valence-electron chi connectivity index (χ2n) is 5.16. The number of hydrogen-bond donors (Lipinski definition) is 1. The van der Waals surface area contributed by atoms with Gasteiger partial charge in [-0.1, -0.05) is 0 Å². The van der Waals surface area contributed by atoms with E-state index in [-0.39, 0.29) is 0 Å². The average molecular weight is 288 g/mol. The number of methoxy groups -OCH3 is 1. The molecule has 0 radical (unpaired) electrons. The molecule has 114 valence electrons. The standard InChI is InChI=1S/C16H24N4O/c1-13-11-15(19(2)18-13)12-20(10-4-9-17)14-5-7-16(21-3)8-6-14/h5-8,11H,4,9-10,12,17H2,1-3H3. The molecule has 0 bridgehead atoms. The van der Waals surface area contributed by atoms with E-state index in [0.717, 1.165) is 31.0 Å². The molecule has 1 heterocycles. The molecule has 0 aliphatic rings. The van der Waals surface area contributed by atoms with Gasteiger partial charge < -0.3 is 15.4 Å². The van der Waals surface area contributed by atoms with Crippen LogP contribution in [-0.4, -0.2) is 30.0 Å². The molecule has 0 aliphatic heterocycles. The highest BCUT2D eigenvalue weighted by Gasteiger charge is 2.10. The van der Waals surface area contributed by atoms with Crippen LogP contribution in [0.25, 0.3) is 0 Å². The monoisotopic (exact) mass is 288 g/mol. The molecule has 0 spiro atoms. The molecule has 0 saturated carbocycles. The van der Waals surface area contributed by atoms with Gasteiger partial charge in [0.1, 0.15) is 5.75 Å². The van der Waals surface area contributed by atoms with Crippen molar-refractivity contribution in [3.8, 4) is 5.75 Å². The van der Waals surface area contributed by atoms with Crippen molar-refractivity contribution >= 4 is 5.69 Å². The van der Waals surface area contributed by atoms with E-state index in [1.54, 1.807) is 7.11 Å². The van der Waals surface area contributed by atoms with Gasteiger partial charge in [0.05, 0.1) is 25.0 Å². The Morgan fingerprint density at radius 1 is 1.29 bits per heavy atom. The van der Waals surface area contributed by atoms with Gasteiger partial charge in [-0.15, -0.1) is 0 Å². The van der Waals surface area contributed by atoms with Crippen LogP contribution in [0, 0.1) is 6.92 Å². The minimum Gasteiger partial charge on any atom is -0.497 e. The van der Waals surface area contributed by atoms with E-state index in [9.17, 15) is 0 Å². The normalized spacial score (nSPS) is 10.7. The van der Waals surface area contributed by atoms with E-state index in [1.165, 1.54) is 11.4 Å². The van der Waals surface area contributed by atoms with Crippen molar-refractivity contribution in [1.82, 2.24) is 9.78 Å². The third kappa shape index (κ3) is 3.98. The van der Waals surface area contributed by atoms with E-state index in [1.807, 2.05) is 30.8 Å². The lowest BCUT2D eigenvalue weighted by molar-refractivity contribution is 0.415. The van der Waals surface area contributed by atoms with Crippen LogP contribution in [0.5, 0.6) is 5.75 Å². The first-order valence-corrected chi connectivity index (χ1v) is 7.22. The fourth-order valence-corrected chi connectivity index (χ4v) is 2.38. The van der Waals surface area contributed by atoms with Gasteiger partial charge in [-0.05, 0) is 50.2 Å². The molecule has 2 aromatic rings. The summed E-state index contributed by atoms with van der Waals surface area (Å²) in [6, 6.07) is 10.3. The van der Waals surface area contributed by atoms with Crippen LogP contribution in [0.15, 0.2) is 30.3 Å². The predicted octanol–water partition coefficient (Wildman–Crippen LogP) is 2.09. The Balaban J connectivity index is 2.18. The van der Waals surface area contributed by atoms with Crippen LogP contribution >= 0.6 is 0 Å². The van der Waals surface area contributed by atoms with Crippen LogP contribution < -0.4 is 15.4 Å². The topological polar surface area (TPSA) is 56.3 Å². The maximum absolute atomic E-state index is 5.66. The van der Waals surface area contributed by atoms with E-state index in [4.69, 9.17) is 10.5 Å². The summed E-state index contributed by atoms with van der Waals surface area (Å²) in [4.78, 5) is 2.32. The number of rotatable bonds is 7. The Labute approximate surface area is 126 Å². The van der Waals surface area contributed by atoms with Gasteiger partial charge in [0.15, 0.2) is 0 Å². The molecular weight excluding hydrogens is 264 g/mol. The lowest BCUT2D eigenvalue weighted by atomic mass is 10.2. The molecule has 0 fully saturated rings. The van der Waals surface area contributed by atoms with Crippen LogP contribution in [-0.2, 0) is 13.6 Å². The minimum absolute atomic E-state index is 0.692. The summed E-state index contributed by atoms with van der Waals surface area (Å²) in [5, 5.41) is 4.41. The molecule has 5 nitrogen and oxygen atoms in total. The number of aromatic nitrogens is 2. The quantitative estimate of drug-likeness (QED) is 0.847. The highest BCUT2D eigenvalue weighted by molar-refractivity contribution is 5.49. The zero-order chi connectivity index (χ0) is 15.2. The van der Waals surface area contributed by atoms with Gasteiger partial charge >= 0.3 is 0 Å². The first-order valence-electron chi connectivity index (χ1n) is 7.22. The van der Waals surface area contributed by atoms with Crippen molar-refractivity contribution < 1.29 is 4.74 Å². The van der Waals surface area contributed by atoms with Crippen molar-refractivity contribution in [1.29, 1.82) is 0 Å². The number of ether oxygens (including phenoxy) is 1. The summed E-state index contributed by atoms with van der Waals surface area (Å²) in [5.41, 5.74) is 9.07. The summed E-state index contributed by atoms with van der Waals surface area (Å²) in [6.45, 7) is 4.45. The highest BCUT2D eigenvalue weighted by atomic mass is 16.5. The summed E-state index contributed by atoms with van der Waals surface area (Å²) in [5.74, 6) is 0.869. The molecule has 0 aliphatic carbocycles. The Morgan fingerprint density at radius 2 is 2.00 bits per heavy atom. The molecule has 0 saturated heterocycles. The third-order valence-corrected chi connectivity index (χ3v) is 3.52. The first-order chi connectivity index (χ1) is 10.1. The molecular formula is C16H24N4O. The summed E-state index contributed by atoms with van der Waals surface area (Å²) < 4.78 is 7.16. The first kappa shape index (κ1) is 15.4. The number of hydrogen-bond acceptors (Lipinski definition) is 4. The molecule has 0 atom stereocenters. The maximum Gasteiger partial charge on any atom is 0.119 e. The molecule has 1 aromatic heterocycles. The Kier molecular flexibility index (Phi) is 5.22. The SMILES string of the molecule is COc1ccc(N(CCCN)Cc2cc(C)nn2C)cc1. The Bertz CT molecular complexity index is 562. The summed E-state index contributed by atoms with van der Waals surface area (Å²) in [6.07, 6.45) is 0.961. The highest BCUT2D eigenvalue weighted by Crippen LogP contribution is 2.21. The van der Waals surface area contributed by atoms with Crippen molar-refractivity contribution in [3.05, 3.63) is 41.7 Å². The maximum atomic E-state index is 5.66. The average Bonchev–Trinajstić information content (AvgIpc) is 2.81. The van der Waals surface area contributed by atoms with E-state index in [2.05, 4.69) is 28.2 Å². The smallest absolute Gasteiger partial charge is 0.119 e. The molecule has 0 unspecified atom stereocenters. The van der Waals surface area contributed by atoms with Crippen LogP contribution in [0.3, 0.4) is 0 Å². The Morgan fingerprint density at radius 3 is 2.52 bits per heavy atom. The number of nitrogens with two attached hydrogens (primary N) is 1. The number of benzene rings is 1. The number of anilines is 1. The largest absolute Gasteiger partial charge is 0.497 e. The van der Waals surface area contributed by atoms with Gasteiger partial charge in [-0.2, -0.15) is 5.10 Å². The van der Waals surface area contributed by atoms with Crippen molar-refractivity contribution in [2.45, 2.75) is 19.9 Å². The van der Waals surface area contributed by atoms with Crippen molar-refractivity contribution in [2.24, 2.45) is 12.8 Å². The van der Waals surface area contributed by atoms with E-state index >= 15 is 0 Å². The molecule has 5 heteroatoms. The molecule has 2 rings (SSSR count). The zero-order valence-corrected chi connectivity index (χ0v) is 13.0. The van der Waals surface area contributed by atoms with Gasteiger partial charge in [-0.25, -0.2) is 0 Å². The van der Waals surface area contributed by atoms with Crippen LogP contribution in [0.4, 0.5) is 5.69 Å². The molecule has 21 heavy (non-hydrogen) atoms. The second kappa shape index (κ2) is 7.13. The van der Waals surface area contributed by atoms with Gasteiger partial charge in [0, 0.05) is 19.3 Å². The minimum atomic E-state index is 0.692. The van der Waals surface area contributed by atoms with Crippen LogP contribution in [0.1, 0.15) is 17.8 Å². The molecule has 1 aromatic carbocycles. The summed E-state index contributed by atoms with van der Waals surface area (Å²) in [7, 11) is 3.66. The molecule has 2 N–H and O–H groups in total. The van der Waals surface area contributed by atoms with E-state index in [0.29, 0.717) is 6.54 Å². The van der Waals surface area contributed by atoms with E-state index < -0.39 is 0 Å². The van der Waals surface area contributed by atoms with Gasteiger partial charge in [-0.3, -0.25) is 4.68 Å². The predicted molar refractivity (Wildman–Crippen MR) is 85.7 cm³/mol. The molecule has 0 amide bonds. The second-order valence-corrected chi connectivity index (χ2v) is 5.16. The third-order valence-electron chi connectivity index (χ3n) is 3.52. The van der Waals surface area contributed by atoms with Gasteiger partial charge in [0.25, 0.3) is 0 Å². The lowest BCUT2D eigenvalue weighted by Gasteiger charge is -2.25. The zero-order valence-electron chi connectivity index (χ0n) is 13.0. The number of aryl methyl sites for hydroxylation is 2. The number of nitrogens with zero attached hydrogens (tertiary/aromatic N) is 3. The van der Waals surface area contributed by atoms with Crippen molar-refractivity contribution in [2.75, 3.05) is 25.1 Å². The fourth-order valence-electron chi connectivity index (χ4n) is 2.38. The summed E-state index contributed by atoms with van der Waals surface area (Å²) >= 11 is 0. The van der Waals surface area contributed by atoms with Gasteiger partial charge in [0.2, 0.25) is 0 Å². The van der Waals surface area contributed by atoms with Crippen LogP contribution in [0.2, 0.25) is 0 Å².